The van der Waals surface area contributed by atoms with Crippen LogP contribution >= 0.6 is 98.6 Å². The van der Waals surface area contributed by atoms with Crippen molar-refractivity contribution in [2.24, 2.45) is 29.6 Å². The Bertz CT molecular complexity index is 2640. The summed E-state index contributed by atoms with van der Waals surface area (Å²) in [4.78, 5) is 5.64. The van der Waals surface area contributed by atoms with Gasteiger partial charge >= 0.3 is 21.8 Å². The third-order valence-corrected chi connectivity index (χ3v) is 21.9. The number of hydrogen-bond donors (Lipinski definition) is 13. The van der Waals surface area contributed by atoms with Crippen LogP contribution in [0.1, 0.15) is 48.5 Å². The molecule has 0 spiro atoms. The second-order valence-corrected chi connectivity index (χ2v) is 29.8. The van der Waals surface area contributed by atoms with Gasteiger partial charge in [0, 0.05) is 36.2 Å². The molecule has 0 amide bonds. The summed E-state index contributed by atoms with van der Waals surface area (Å²) in [5, 5.41) is 135. The maximum atomic E-state index is 12.3. The van der Waals surface area contributed by atoms with Gasteiger partial charge in [0.25, 0.3) is 0 Å². The molecule has 55 nitrogen and oxygen atoms in total. The zero-order chi connectivity index (χ0) is 83.1. The van der Waals surface area contributed by atoms with Crippen molar-refractivity contribution >= 4 is 120 Å². The van der Waals surface area contributed by atoms with Crippen LogP contribution in [-0.2, 0) is 200 Å². The van der Waals surface area contributed by atoms with E-state index in [0.717, 1.165) is 0 Å². The van der Waals surface area contributed by atoms with Crippen LogP contribution in [0.4, 0.5) is 0 Å². The lowest BCUT2D eigenvalue weighted by Gasteiger charge is -2.47. The van der Waals surface area contributed by atoms with E-state index in [0.29, 0.717) is 0 Å². The van der Waals surface area contributed by atoms with E-state index in [2.05, 4.69) is 79.2 Å². The smallest absolute Gasteiger partial charge is 0.388 e. The van der Waals surface area contributed by atoms with E-state index in [9.17, 15) is 42.3 Å². The number of ether oxygens (including phenoxy) is 12. The highest BCUT2D eigenvalue weighted by Gasteiger charge is 2.55. The molecule has 13 N–H and O–H groups in total. The van der Waals surface area contributed by atoms with Crippen LogP contribution in [0.2, 0.25) is 0 Å². The summed E-state index contributed by atoms with van der Waals surface area (Å²) >= 11 is -2.11. The Morgan fingerprint density at radius 3 is 1.07 bits per heavy atom. The number of aliphatic hydroxyl groups is 3. The Kier molecular flexibility index (Phi) is 52.2. The van der Waals surface area contributed by atoms with Gasteiger partial charge in [-0.05, 0) is 48.5 Å². The van der Waals surface area contributed by atoms with E-state index in [1.165, 1.54) is 34.6 Å². The van der Waals surface area contributed by atoms with Crippen molar-refractivity contribution in [2.75, 3.05) is 79.3 Å². The predicted octanol–water partition coefficient (Wildman–Crippen LogP) is 2.59. The lowest BCUT2D eigenvalue weighted by Crippen LogP contribution is -2.60. The van der Waals surface area contributed by atoms with Crippen molar-refractivity contribution in [1.29, 1.82) is 0 Å². The molecule has 6 heterocycles. The molecule has 0 aromatic heterocycles. The van der Waals surface area contributed by atoms with Crippen LogP contribution in [0.5, 0.6) is 0 Å². The summed E-state index contributed by atoms with van der Waals surface area (Å²) in [5.41, 5.74) is 0. The molecule has 13 unspecified atom stereocenters. The van der Waals surface area contributed by atoms with Crippen molar-refractivity contribution in [3.8, 4) is 0 Å². The fourth-order valence-corrected chi connectivity index (χ4v) is 17.1. The molecular weight excluding hydrogens is 1790 g/mol. The molecule has 6 fully saturated rings. The minimum Gasteiger partial charge on any atom is -0.388 e. The number of rotatable bonds is 60. The normalized spacial score (nSPS) is 36.7. The van der Waals surface area contributed by atoms with Crippen LogP contribution in [0.25, 0.3) is 0 Å². The van der Waals surface area contributed by atoms with Crippen molar-refractivity contribution in [1.82, 2.24) is 0 Å². The third kappa shape index (κ3) is 33.6. The molecule has 6 saturated heterocycles. The van der Waals surface area contributed by atoms with Crippen molar-refractivity contribution < 1.29 is 258 Å². The van der Waals surface area contributed by atoms with E-state index >= 15 is 0 Å². The summed E-state index contributed by atoms with van der Waals surface area (Å²) in [5.74, 6) is -5.05. The maximum absolute atomic E-state index is 12.3. The minimum atomic E-state index is -5.29. The predicted molar refractivity (Wildman–Crippen MR) is 363 cm³/mol. The number of aliphatic hydroxyl groups excluding tert-OH is 3. The quantitative estimate of drug-likeness (QED) is 0.0104. The Balaban J connectivity index is 1.34. The summed E-state index contributed by atoms with van der Waals surface area (Å²) in [6.07, 6.45) is -32.4. The van der Waals surface area contributed by atoms with Gasteiger partial charge in [-0.25, -0.2) is 51.1 Å². The highest BCUT2D eigenvalue weighted by molar-refractivity contribution is 7.91. The zero-order valence-electron chi connectivity index (χ0n) is 59.8. The number of hydrogen-bond acceptors (Lipinski definition) is 61. The molecule has 114 heavy (non-hydrogen) atoms. The molecule has 31 atom stereocenters. The highest BCUT2D eigenvalue weighted by atomic mass is 32.3. The van der Waals surface area contributed by atoms with Crippen LogP contribution in [0.3, 0.4) is 0 Å². The second kappa shape index (κ2) is 57.4. The van der Waals surface area contributed by atoms with Crippen LogP contribution < -0.4 is 0 Å². The van der Waals surface area contributed by atoms with Crippen molar-refractivity contribution in [3.63, 3.8) is 0 Å². The molecule has 0 radical (unpaired) electrons. The van der Waals surface area contributed by atoms with Gasteiger partial charge in [0.2, 0.25) is 0 Å². The van der Waals surface area contributed by atoms with Crippen LogP contribution in [0.15, 0.2) is 0 Å². The highest BCUT2D eigenvalue weighted by Crippen LogP contribution is 2.43. The summed E-state index contributed by atoms with van der Waals surface area (Å²) < 4.78 is 222. The van der Waals surface area contributed by atoms with E-state index in [4.69, 9.17) is 136 Å². The average molecular weight is 1880 g/mol. The second-order valence-electron chi connectivity index (χ2n) is 24.4. The van der Waals surface area contributed by atoms with Crippen molar-refractivity contribution in [3.05, 3.63) is 0 Å². The van der Waals surface area contributed by atoms with E-state index in [1.54, 1.807) is 13.8 Å². The molecule has 0 saturated carbocycles. The van der Waals surface area contributed by atoms with Gasteiger partial charge in [-0.3, -0.25) is 42.6 Å². The fourth-order valence-electron chi connectivity index (χ4n) is 13.1. The summed E-state index contributed by atoms with van der Waals surface area (Å²) in [6, 6.07) is 0. The van der Waals surface area contributed by atoms with Gasteiger partial charge in [-0.15, -0.1) is 39.0 Å². The molecule has 0 aliphatic carbocycles. The maximum Gasteiger partial charge on any atom is 0.397 e. The standard InChI is InChI=1S/C49H88O55S10/c1-8-66-14-31-27(29(41(22(4)74-31)79-105-96-88-53)12-70-19-36-47(85-111-102-94-59)49(86-112-103-95-60)44(25(7)77-36)82-108-99-91-56)10-67-15-32-26(9-68-16-33-38(51)48(87-114(63,64)65)37(50)20(2)72-33)28(40(21(3)73-32)78-104-113(61)62)11-69-17-34-45(83-109-100-92-57)30(42(23(5)75-34)80-106-97-89-54)13-71-18-35-46(84-110-101-93-58)39(52)43(24(6)76-35)81-107-98-90-55/h20-60H,8-19H2,1-7H3,(H,61,62)(H,63,64,65)/t20?,21?,22?,23?,24?,25?,26?,27?,28-,29-,30+,31+,32+,33+,34+,35+,36+,37-,38?,39+,40-,41-,42-,43+,44-,45?,46?,47?,48-,49+/m1/s1. The fraction of sp³-hybridized carbons (Fsp3) is 1.00. The first-order valence-electron chi connectivity index (χ1n) is 32.9. The van der Waals surface area contributed by atoms with Gasteiger partial charge in [-0.2, -0.15) is 12.6 Å². The molecule has 0 aromatic carbocycles. The molecule has 674 valence electrons. The zero-order valence-corrected chi connectivity index (χ0v) is 68.0. The monoisotopic (exact) mass is 1880 g/mol. The largest absolute Gasteiger partial charge is 0.397 e. The molecule has 65 heteroatoms. The van der Waals surface area contributed by atoms with Gasteiger partial charge < -0.3 is 72.2 Å². The third-order valence-electron chi connectivity index (χ3n) is 17.9. The topological polar surface area (TPSA) is 674 Å². The van der Waals surface area contributed by atoms with Crippen molar-refractivity contribution in [2.45, 2.75) is 201 Å². The van der Waals surface area contributed by atoms with Gasteiger partial charge in [0.15, 0.2) is 98.6 Å². The Labute approximate surface area is 684 Å². The molecule has 6 rings (SSSR count). The summed E-state index contributed by atoms with van der Waals surface area (Å²) in [7, 11) is -5.29. The van der Waals surface area contributed by atoms with Gasteiger partial charge in [-0.1, -0.05) is 40.3 Å². The summed E-state index contributed by atoms with van der Waals surface area (Å²) in [6.45, 7) is 6.53. The SMILES string of the molecule is CCOC[C@@H]1OC(C)[C@@H](OSOOO)[C@H](COC[C@@H]2OC(C)[C@@H](OSOOO)[C@H](OSOOO)C2OSOOO)C1COC[C@@H]1OC(C)[C@@H](OOS(=O)O)[C@H](COC[C@@H]2OC(C)[C@@H](OSOOO)[C@H](COC[C@@H]3OC(C)[C@H](OSOOO)[C@H](O)C3OSOOO)C2OSOOO)C1COC[C@@H]1OC(C)[C@@H](O)[C@@H](OS(=O)(=O)O)C1O. The van der Waals surface area contributed by atoms with Gasteiger partial charge in [0.05, 0.1) is 122 Å². The minimum absolute atomic E-state index is 0.0693. The Morgan fingerprint density at radius 2 is 0.623 bits per heavy atom. The lowest BCUT2D eigenvalue weighted by atomic mass is 9.79. The van der Waals surface area contributed by atoms with Crippen LogP contribution in [-0.4, -0.2) is 311 Å². The molecular formula is C49H88O55S10. The van der Waals surface area contributed by atoms with E-state index in [-0.39, 0.29) is 125 Å². The first-order valence-corrected chi connectivity index (χ1v) is 40.6. The first-order chi connectivity index (χ1) is 54.9. The first kappa shape index (κ1) is 104. The van der Waals surface area contributed by atoms with Crippen LogP contribution in [0, 0.1) is 29.6 Å². The van der Waals surface area contributed by atoms with Gasteiger partial charge in [0.1, 0.15) is 104 Å². The molecule has 0 aromatic rings. The molecule has 6 aliphatic heterocycles. The molecule has 6 aliphatic rings. The Morgan fingerprint density at radius 1 is 0.316 bits per heavy atom. The lowest BCUT2D eigenvalue weighted by molar-refractivity contribution is -0.436. The Hall–Kier alpha value is 0.820. The van der Waals surface area contributed by atoms with E-state index in [1.807, 2.05) is 0 Å². The molecule has 0 bridgehead atoms. The van der Waals surface area contributed by atoms with E-state index < -0.39 is 257 Å². The average Bonchev–Trinajstić information content (AvgIpc) is 0.810.